The Morgan fingerprint density at radius 2 is 1.92 bits per heavy atom. The van der Waals surface area contributed by atoms with Crippen LogP contribution in [0.25, 0.3) is 32.7 Å². The number of para-hydroxylation sites is 2. The Bertz CT molecular complexity index is 1650. The first-order valence-electron chi connectivity index (χ1n) is 11.3. The number of H-pyrrole nitrogens is 1. The molecule has 3 aromatic heterocycles. The predicted octanol–water partition coefficient (Wildman–Crippen LogP) is 5.43. The van der Waals surface area contributed by atoms with Crippen molar-refractivity contribution in [2.24, 2.45) is 0 Å². The van der Waals surface area contributed by atoms with E-state index in [0.29, 0.717) is 29.2 Å². The second-order valence-electron chi connectivity index (χ2n) is 8.32. The molecular weight excluding hydrogens is 470 g/mol. The van der Waals surface area contributed by atoms with Crippen LogP contribution in [0.1, 0.15) is 16.2 Å². The second-order valence-corrected chi connectivity index (χ2v) is 9.26. The highest BCUT2D eigenvalue weighted by atomic mass is 32.1. The van der Waals surface area contributed by atoms with Gasteiger partial charge in [0.25, 0.3) is 5.91 Å². The summed E-state index contributed by atoms with van der Waals surface area (Å²) in [6.07, 6.45) is 1.84. The number of hydrogen-bond donors (Lipinski definition) is 3. The fourth-order valence-electron chi connectivity index (χ4n) is 4.02. The molecule has 0 spiro atoms. The summed E-state index contributed by atoms with van der Waals surface area (Å²) in [6.45, 7) is 0.460. The van der Waals surface area contributed by atoms with E-state index in [1.807, 2.05) is 72.2 Å². The highest BCUT2D eigenvalue weighted by molar-refractivity contribution is 7.13. The first-order chi connectivity index (χ1) is 17.6. The lowest BCUT2D eigenvalue weighted by molar-refractivity contribution is 0.102. The lowest BCUT2D eigenvalue weighted by Crippen LogP contribution is -2.13. The van der Waals surface area contributed by atoms with Gasteiger partial charge < -0.3 is 16.0 Å². The number of aromatic amines is 1. The summed E-state index contributed by atoms with van der Waals surface area (Å²) in [4.78, 5) is 22.1. The largest absolute Gasteiger partial charge is 0.397 e. The quantitative estimate of drug-likeness (QED) is 0.269. The van der Waals surface area contributed by atoms with E-state index >= 15 is 0 Å². The van der Waals surface area contributed by atoms with Gasteiger partial charge >= 0.3 is 0 Å². The van der Waals surface area contributed by atoms with Gasteiger partial charge in [0.05, 0.1) is 28.6 Å². The molecule has 36 heavy (non-hydrogen) atoms. The Hall–Kier alpha value is -4.76. The SMILES string of the molecule is Nc1ccc(-c2cccs2)cc1NC(=O)c1cccc(-c2cn(Cc3nc4ccccc4[nH]3)nn2)c1. The van der Waals surface area contributed by atoms with Crippen LogP contribution in [0.3, 0.4) is 0 Å². The van der Waals surface area contributed by atoms with Crippen LogP contribution in [0.15, 0.2) is 90.4 Å². The highest BCUT2D eigenvalue weighted by Gasteiger charge is 2.13. The van der Waals surface area contributed by atoms with Gasteiger partial charge in [-0.2, -0.15) is 0 Å². The van der Waals surface area contributed by atoms with Crippen LogP contribution in [-0.2, 0) is 6.54 Å². The summed E-state index contributed by atoms with van der Waals surface area (Å²) in [7, 11) is 0. The van der Waals surface area contributed by atoms with Gasteiger partial charge in [0.1, 0.15) is 18.1 Å². The Morgan fingerprint density at radius 3 is 2.78 bits per heavy atom. The average molecular weight is 492 g/mol. The summed E-state index contributed by atoms with van der Waals surface area (Å²) in [5.41, 5.74) is 12.1. The minimum Gasteiger partial charge on any atom is -0.397 e. The van der Waals surface area contributed by atoms with Crippen LogP contribution in [0.2, 0.25) is 0 Å². The molecule has 176 valence electrons. The van der Waals surface area contributed by atoms with Gasteiger partial charge in [-0.25, -0.2) is 9.67 Å². The number of aromatic nitrogens is 5. The van der Waals surface area contributed by atoms with E-state index in [1.165, 1.54) is 0 Å². The van der Waals surface area contributed by atoms with Gasteiger partial charge in [-0.1, -0.05) is 41.6 Å². The topological polar surface area (TPSA) is 115 Å². The van der Waals surface area contributed by atoms with Crippen LogP contribution < -0.4 is 11.1 Å². The van der Waals surface area contributed by atoms with Crippen LogP contribution >= 0.6 is 11.3 Å². The molecule has 0 bridgehead atoms. The van der Waals surface area contributed by atoms with Crippen LogP contribution in [0, 0.1) is 0 Å². The van der Waals surface area contributed by atoms with Gasteiger partial charge in [0.2, 0.25) is 0 Å². The van der Waals surface area contributed by atoms with E-state index in [4.69, 9.17) is 5.73 Å². The van der Waals surface area contributed by atoms with Gasteiger partial charge in [-0.3, -0.25) is 4.79 Å². The minimum atomic E-state index is -0.249. The first-order valence-corrected chi connectivity index (χ1v) is 12.2. The molecule has 0 atom stereocenters. The number of nitrogens with two attached hydrogens (primary N) is 1. The monoisotopic (exact) mass is 491 g/mol. The smallest absolute Gasteiger partial charge is 0.255 e. The maximum Gasteiger partial charge on any atom is 0.255 e. The Labute approximate surface area is 210 Å². The van der Waals surface area contributed by atoms with Gasteiger partial charge in [0, 0.05) is 16.0 Å². The number of hydrogen-bond acceptors (Lipinski definition) is 6. The third-order valence-corrected chi connectivity index (χ3v) is 6.74. The van der Waals surface area contributed by atoms with Crippen molar-refractivity contribution in [1.82, 2.24) is 25.0 Å². The highest BCUT2D eigenvalue weighted by Crippen LogP contribution is 2.30. The number of benzene rings is 3. The van der Waals surface area contributed by atoms with E-state index in [1.54, 1.807) is 34.2 Å². The molecule has 6 aromatic rings. The molecule has 1 amide bonds. The predicted molar refractivity (Wildman–Crippen MR) is 143 cm³/mol. The second kappa shape index (κ2) is 9.12. The van der Waals surface area contributed by atoms with E-state index in [-0.39, 0.29) is 5.91 Å². The number of anilines is 2. The summed E-state index contributed by atoms with van der Waals surface area (Å²) in [5.74, 6) is 0.546. The molecule has 0 saturated heterocycles. The fourth-order valence-corrected chi connectivity index (χ4v) is 4.74. The van der Waals surface area contributed by atoms with Crippen molar-refractivity contribution in [1.29, 1.82) is 0 Å². The van der Waals surface area contributed by atoms with E-state index in [0.717, 1.165) is 32.9 Å². The zero-order valence-corrected chi connectivity index (χ0v) is 19.9. The molecule has 0 fully saturated rings. The molecule has 3 aromatic carbocycles. The number of thiophene rings is 1. The summed E-state index contributed by atoms with van der Waals surface area (Å²) >= 11 is 1.63. The lowest BCUT2D eigenvalue weighted by Gasteiger charge is -2.10. The molecule has 0 saturated carbocycles. The standard InChI is InChI=1S/C27H21N7OS/c28-20-11-10-18(25-9-4-12-36-25)14-23(20)31-27(35)19-6-3-5-17(13-19)24-15-34(33-32-24)16-26-29-21-7-1-2-8-22(21)30-26/h1-15H,16,28H2,(H,29,30)(H,31,35). The Balaban J connectivity index is 1.20. The molecular formula is C27H21N7OS. The molecule has 0 unspecified atom stereocenters. The number of fused-ring (bicyclic) bond motifs is 1. The van der Waals surface area contributed by atoms with E-state index < -0.39 is 0 Å². The molecule has 4 N–H and O–H groups in total. The minimum absolute atomic E-state index is 0.249. The average Bonchev–Trinajstić information content (AvgIpc) is 3.66. The first kappa shape index (κ1) is 21.8. The summed E-state index contributed by atoms with van der Waals surface area (Å²) in [6, 6.07) is 24.8. The van der Waals surface area contributed by atoms with Crippen molar-refractivity contribution in [2.75, 3.05) is 11.1 Å². The van der Waals surface area contributed by atoms with Crippen LogP contribution in [0.4, 0.5) is 11.4 Å². The third kappa shape index (κ3) is 4.35. The maximum absolute atomic E-state index is 13.1. The Kier molecular flexibility index (Phi) is 5.51. The fraction of sp³-hybridized carbons (Fsp3) is 0.0370. The van der Waals surface area contributed by atoms with Gasteiger partial charge in [-0.05, 0) is 53.4 Å². The zero-order chi connectivity index (χ0) is 24.5. The number of rotatable bonds is 6. The maximum atomic E-state index is 13.1. The number of nitrogens with one attached hydrogen (secondary N) is 2. The molecule has 8 nitrogen and oxygen atoms in total. The number of carbonyl (C=O) groups excluding carboxylic acids is 1. The van der Waals surface area contributed by atoms with Crippen molar-refractivity contribution >= 4 is 39.7 Å². The normalized spacial score (nSPS) is 11.1. The van der Waals surface area contributed by atoms with Crippen molar-refractivity contribution in [2.45, 2.75) is 6.54 Å². The Morgan fingerprint density at radius 1 is 1.00 bits per heavy atom. The lowest BCUT2D eigenvalue weighted by atomic mass is 10.1. The molecule has 3 heterocycles. The molecule has 6 rings (SSSR count). The molecule has 0 aliphatic rings. The van der Waals surface area contributed by atoms with Crippen molar-refractivity contribution in [3.63, 3.8) is 0 Å². The van der Waals surface area contributed by atoms with Gasteiger partial charge in [0.15, 0.2) is 0 Å². The number of amides is 1. The molecule has 0 radical (unpaired) electrons. The third-order valence-electron chi connectivity index (χ3n) is 5.82. The number of nitrogens with zero attached hydrogens (tertiary/aromatic N) is 4. The van der Waals surface area contributed by atoms with Gasteiger partial charge in [-0.15, -0.1) is 16.4 Å². The van der Waals surface area contributed by atoms with Crippen LogP contribution in [0.5, 0.6) is 0 Å². The summed E-state index contributed by atoms with van der Waals surface area (Å²) in [5, 5.41) is 13.5. The molecule has 0 aliphatic heterocycles. The zero-order valence-electron chi connectivity index (χ0n) is 19.1. The summed E-state index contributed by atoms with van der Waals surface area (Å²) < 4.78 is 1.72. The molecule has 0 aliphatic carbocycles. The van der Waals surface area contributed by atoms with E-state index in [2.05, 4.69) is 25.6 Å². The molecule has 9 heteroatoms. The number of imidazole rings is 1. The van der Waals surface area contributed by atoms with Crippen molar-refractivity contribution in [3.05, 3.63) is 102 Å². The number of carbonyl (C=O) groups is 1. The van der Waals surface area contributed by atoms with E-state index in [9.17, 15) is 4.79 Å². The number of nitrogen functional groups attached to an aromatic ring is 1. The van der Waals surface area contributed by atoms with Crippen molar-refractivity contribution < 1.29 is 4.79 Å². The van der Waals surface area contributed by atoms with Crippen LogP contribution in [-0.4, -0.2) is 30.9 Å². The van der Waals surface area contributed by atoms with Crippen molar-refractivity contribution in [3.8, 4) is 21.7 Å².